The third kappa shape index (κ3) is 18.9. The third-order valence-corrected chi connectivity index (χ3v) is 47.8. The van der Waals surface area contributed by atoms with E-state index in [1.807, 2.05) is 0 Å². The average molecular weight is 1710 g/mol. The minimum atomic E-state index is -1.50. The number of rotatable bonds is 19. The Morgan fingerprint density at radius 2 is 0.496 bits per heavy atom. The van der Waals surface area contributed by atoms with Crippen molar-refractivity contribution in [2.45, 2.75) is 192 Å². The van der Waals surface area contributed by atoms with Gasteiger partial charge < -0.3 is 0 Å². The molecular weight excluding hydrogens is 1570 g/mol. The SMILES string of the molecule is CC[Si](CC)(CC)c1ccc2c(-c3cc(-c4ccccc4)cc(C)c3C)[n+](C)ccc2c1.CC[Si](CC)(c1ccc2c(-c3cc(-c4ccccc4)cc(C)c3C)[n+](C)ccc2c1)C(C)C.Cc1cc(-c2ccccc2)cc(-c2c3ccc([Si](C)(C)C(C)C)cc3cc[n+]2C)c1C.Cc1cc(-c2ccccc2)cc(-c2c3ccc([Si](C)(C)C)cc3cc[n+]2C)c1C. The zero-order valence-electron chi connectivity index (χ0n) is 80.2. The lowest BCUT2D eigenvalue weighted by molar-refractivity contribution is -0.659. The second-order valence-corrected chi connectivity index (χ2v) is 59.1. The fourth-order valence-corrected chi connectivity index (χ4v) is 30.4. The number of hydrogen-bond donors (Lipinski definition) is 0. The van der Waals surface area contributed by atoms with Crippen molar-refractivity contribution in [1.82, 2.24) is 0 Å². The Kier molecular flexibility index (Phi) is 28.3. The van der Waals surface area contributed by atoms with Gasteiger partial charge in [0.25, 0.3) is 0 Å². The van der Waals surface area contributed by atoms with Gasteiger partial charge in [0, 0.05) is 24.3 Å². The Bertz CT molecular complexity index is 6580. The molecule has 0 fully saturated rings. The van der Waals surface area contributed by atoms with E-state index in [-0.39, 0.29) is 0 Å². The number of benzene rings is 12. The van der Waals surface area contributed by atoms with E-state index in [9.17, 15) is 0 Å². The fourth-order valence-electron chi connectivity index (χ4n) is 19.5. The second kappa shape index (κ2) is 38.5. The van der Waals surface area contributed by atoms with E-state index in [4.69, 9.17) is 0 Å². The highest BCUT2D eigenvalue weighted by molar-refractivity contribution is 6.93. The molecule has 0 aliphatic rings. The Balaban J connectivity index is 0.000000143. The number of aryl methyl sites for hydroxylation is 8. The summed E-state index contributed by atoms with van der Waals surface area (Å²) in [5.74, 6) is 0. The maximum absolute atomic E-state index is 2.52. The molecule has 12 aromatic carbocycles. The maximum atomic E-state index is 2.52. The summed E-state index contributed by atoms with van der Waals surface area (Å²) in [5.41, 5.74) is 32.9. The molecule has 0 amide bonds. The minimum absolute atomic E-state index is 0.719. The van der Waals surface area contributed by atoms with Crippen molar-refractivity contribution in [3.05, 3.63) is 336 Å². The Morgan fingerprint density at radius 1 is 0.248 bits per heavy atom. The van der Waals surface area contributed by atoms with E-state index in [1.165, 1.54) is 213 Å². The molecule has 0 saturated carbocycles. The molecule has 638 valence electrons. The van der Waals surface area contributed by atoms with Gasteiger partial charge in [-0.1, -0.05) is 340 Å². The van der Waals surface area contributed by atoms with Crippen molar-refractivity contribution >= 4 is 96.1 Å². The summed E-state index contributed by atoms with van der Waals surface area (Å²) in [4.78, 5) is 0. The summed E-state index contributed by atoms with van der Waals surface area (Å²) in [7, 11) is 2.97. The molecule has 16 rings (SSSR count). The van der Waals surface area contributed by atoms with E-state index in [1.54, 1.807) is 15.6 Å². The molecule has 0 unspecified atom stereocenters. The molecule has 0 spiro atoms. The summed E-state index contributed by atoms with van der Waals surface area (Å²) < 4.78 is 9.14. The highest BCUT2D eigenvalue weighted by Crippen LogP contribution is 2.41. The van der Waals surface area contributed by atoms with Crippen LogP contribution in [0.25, 0.3) is 133 Å². The topological polar surface area (TPSA) is 15.5 Å². The van der Waals surface area contributed by atoms with Crippen LogP contribution in [0.5, 0.6) is 0 Å². The zero-order chi connectivity index (χ0) is 89.7. The van der Waals surface area contributed by atoms with E-state index < -0.39 is 32.3 Å². The van der Waals surface area contributed by atoms with Crippen LogP contribution in [0.3, 0.4) is 0 Å². The first-order valence-electron chi connectivity index (χ1n) is 46.1. The highest BCUT2D eigenvalue weighted by Gasteiger charge is 2.37. The normalized spacial score (nSPS) is 11.9. The smallest absolute Gasteiger partial charge is 0.200 e. The first-order chi connectivity index (χ1) is 59.7. The molecule has 4 heterocycles. The summed E-state index contributed by atoms with van der Waals surface area (Å²) in [5, 5.41) is 17.0. The molecule has 16 aromatic rings. The molecule has 8 heteroatoms. The van der Waals surface area contributed by atoms with Crippen molar-refractivity contribution in [1.29, 1.82) is 0 Å². The number of nitrogens with zero attached hydrogens (tertiary/aromatic N) is 4. The van der Waals surface area contributed by atoms with Crippen LogP contribution in [0.4, 0.5) is 0 Å². The molecule has 125 heavy (non-hydrogen) atoms. The molecule has 0 aliphatic carbocycles. The standard InChI is InChI=1S/C31H38NSi.C30H36NSi.C29H34NSi.C27H30NSi/c1-8-33(9-2,22(3)4)28-15-16-29-26(20-28)17-18-32(7)31(29)30-21-27(19-23(5)24(30)6)25-13-11-10-12-14-25;1-7-32(8-2,9-3)27-15-16-28-25(20-27)17-18-31(6)30(28)29-21-26(19-22(4)23(29)5)24-13-11-10-12-14-24;1-20(2)31(6,7)26-13-14-27-24(18-26)15-16-30(5)29(27)28-19-25(17-21(3)22(28)4)23-11-9-8-10-12-23;1-19-16-23(21-10-8-7-9-11-21)18-26(20(19)2)27-25-13-12-24(29(4,5)6)17-22(25)14-15-28(27)3/h10-22H,8-9H2,1-7H3;10-21H,7-9H2,1-6H3;8-20H,1-7H3;7-18H,1-6H3/q4*+1. The summed E-state index contributed by atoms with van der Waals surface area (Å²) in [6, 6.07) is 106. The number of hydrogen-bond acceptors (Lipinski definition) is 0. The predicted molar refractivity (Wildman–Crippen MR) is 555 cm³/mol. The summed E-state index contributed by atoms with van der Waals surface area (Å²) in [6.45, 7) is 51.7. The van der Waals surface area contributed by atoms with Gasteiger partial charge in [0.2, 0.25) is 22.8 Å². The van der Waals surface area contributed by atoms with E-state index in [0.717, 1.165) is 11.1 Å². The van der Waals surface area contributed by atoms with Gasteiger partial charge in [0.05, 0.1) is 76.1 Å². The lowest BCUT2D eigenvalue weighted by Gasteiger charge is -2.34. The van der Waals surface area contributed by atoms with Gasteiger partial charge in [-0.05, 0) is 226 Å². The van der Waals surface area contributed by atoms with Crippen LogP contribution in [-0.4, -0.2) is 32.3 Å². The monoisotopic (exact) mass is 1710 g/mol. The summed E-state index contributed by atoms with van der Waals surface area (Å²) in [6.07, 6.45) is 8.89. The van der Waals surface area contributed by atoms with Crippen LogP contribution in [0, 0.1) is 55.4 Å². The first-order valence-corrected chi connectivity index (χ1v) is 57.8. The van der Waals surface area contributed by atoms with Gasteiger partial charge in [-0.3, -0.25) is 0 Å². The average Bonchev–Trinajstić information content (AvgIpc) is 0.770. The van der Waals surface area contributed by atoms with Crippen molar-refractivity contribution < 1.29 is 18.3 Å². The molecule has 0 N–H and O–H groups in total. The van der Waals surface area contributed by atoms with Gasteiger partial charge in [-0.15, -0.1) is 0 Å². The second-order valence-electron chi connectivity index (χ2n) is 38.1. The molecule has 4 aromatic heterocycles. The maximum Gasteiger partial charge on any atom is 0.220 e. The van der Waals surface area contributed by atoms with E-state index in [0.29, 0.717) is 0 Å². The lowest BCUT2D eigenvalue weighted by Crippen LogP contribution is -2.49. The molecule has 4 nitrogen and oxygen atoms in total. The zero-order valence-corrected chi connectivity index (χ0v) is 84.2. The largest absolute Gasteiger partial charge is 0.220 e. The molecule has 0 bridgehead atoms. The van der Waals surface area contributed by atoms with Crippen molar-refractivity contribution in [3.8, 4) is 89.5 Å². The van der Waals surface area contributed by atoms with Gasteiger partial charge in [0.1, 0.15) is 28.2 Å². The van der Waals surface area contributed by atoms with Gasteiger partial charge in [-0.25, -0.2) is 18.3 Å². The molecule has 0 atom stereocenters. The van der Waals surface area contributed by atoms with Crippen molar-refractivity contribution in [2.24, 2.45) is 28.2 Å². The van der Waals surface area contributed by atoms with Crippen LogP contribution in [0.15, 0.2) is 292 Å². The summed E-state index contributed by atoms with van der Waals surface area (Å²) >= 11 is 0. The van der Waals surface area contributed by atoms with Crippen LogP contribution in [-0.2, 0) is 28.2 Å². The Hall–Kier alpha value is -10.9. The van der Waals surface area contributed by atoms with Crippen LogP contribution >= 0.6 is 0 Å². The van der Waals surface area contributed by atoms with Crippen molar-refractivity contribution in [2.75, 3.05) is 0 Å². The van der Waals surface area contributed by atoms with Crippen LogP contribution in [0.1, 0.15) is 107 Å². The molecule has 0 saturated heterocycles. The Labute approximate surface area is 754 Å². The van der Waals surface area contributed by atoms with Crippen LogP contribution < -0.4 is 39.0 Å². The molecular formula is C117H138N4Si4+4. The van der Waals surface area contributed by atoms with Crippen molar-refractivity contribution in [3.63, 3.8) is 0 Å². The third-order valence-electron chi connectivity index (χ3n) is 29.3. The van der Waals surface area contributed by atoms with Gasteiger partial charge in [0.15, 0.2) is 24.8 Å². The van der Waals surface area contributed by atoms with Gasteiger partial charge >= 0.3 is 0 Å². The lowest BCUT2D eigenvalue weighted by atomic mass is 9.92. The Morgan fingerprint density at radius 3 is 0.752 bits per heavy atom. The van der Waals surface area contributed by atoms with E-state index >= 15 is 0 Å². The number of pyridine rings is 4. The molecule has 0 aliphatic heterocycles. The quantitative estimate of drug-likeness (QED) is 0.0566. The minimum Gasteiger partial charge on any atom is -0.200 e. The van der Waals surface area contributed by atoms with E-state index in [2.05, 4.69) is 489 Å². The number of fused-ring (bicyclic) bond motifs is 4. The number of aromatic nitrogens is 4. The van der Waals surface area contributed by atoms with Crippen LogP contribution in [0.2, 0.25) is 74.0 Å². The first kappa shape index (κ1) is 91.8. The highest BCUT2D eigenvalue weighted by atomic mass is 28.3. The van der Waals surface area contributed by atoms with Gasteiger partial charge in [-0.2, -0.15) is 0 Å². The molecule has 0 radical (unpaired) electrons. The predicted octanol–water partition coefficient (Wildman–Crippen LogP) is 28.2. The fraction of sp³-hybridized carbons (Fsp3) is 0.282.